The van der Waals surface area contributed by atoms with E-state index >= 15 is 0 Å². The largest absolute Gasteiger partial charge is 0.475 e. The summed E-state index contributed by atoms with van der Waals surface area (Å²) in [6.07, 6.45) is 2.41. The molecule has 6 heteroatoms. The lowest BCUT2D eigenvalue weighted by atomic mass is 10.2. The smallest absolute Gasteiger partial charge is 0.218 e. The molecule has 0 unspecified atom stereocenters. The Balaban J connectivity index is 2.46. The molecule has 20 heavy (non-hydrogen) atoms. The Labute approximate surface area is 121 Å². The molecule has 0 bridgehead atoms. The van der Waals surface area contributed by atoms with Crippen LogP contribution in [-0.2, 0) is 16.4 Å². The number of pyridine rings is 1. The summed E-state index contributed by atoms with van der Waals surface area (Å²) in [5, 5.41) is 3.13. The fourth-order valence-electron chi connectivity index (χ4n) is 1.75. The van der Waals surface area contributed by atoms with Gasteiger partial charge in [0.2, 0.25) is 5.88 Å². The Kier molecular flexibility index (Phi) is 6.95. The van der Waals surface area contributed by atoms with E-state index in [1.54, 1.807) is 6.20 Å². The van der Waals surface area contributed by atoms with Crippen molar-refractivity contribution in [1.29, 1.82) is 0 Å². The molecule has 0 saturated heterocycles. The second-order valence-electron chi connectivity index (χ2n) is 4.96. The third-order valence-electron chi connectivity index (χ3n) is 2.62. The SMILES string of the molecule is CCCS(=O)(=O)CCNCc1cccnc1OC(C)C. The first-order valence-corrected chi connectivity index (χ1v) is 8.78. The summed E-state index contributed by atoms with van der Waals surface area (Å²) in [6.45, 7) is 6.76. The Morgan fingerprint density at radius 3 is 2.75 bits per heavy atom. The molecule has 0 radical (unpaired) electrons. The predicted octanol–water partition coefficient (Wildman–Crippen LogP) is 1.78. The van der Waals surface area contributed by atoms with E-state index in [4.69, 9.17) is 4.74 Å². The molecule has 0 aliphatic carbocycles. The third kappa shape index (κ3) is 6.34. The zero-order valence-corrected chi connectivity index (χ0v) is 13.2. The number of nitrogens with one attached hydrogen (secondary N) is 1. The van der Waals surface area contributed by atoms with Crippen LogP contribution in [-0.4, -0.2) is 37.6 Å². The molecular formula is C14H24N2O3S. The van der Waals surface area contributed by atoms with Crippen LogP contribution in [0.2, 0.25) is 0 Å². The maximum Gasteiger partial charge on any atom is 0.218 e. The first-order valence-electron chi connectivity index (χ1n) is 6.96. The molecule has 5 nitrogen and oxygen atoms in total. The third-order valence-corrected chi connectivity index (χ3v) is 4.47. The van der Waals surface area contributed by atoms with E-state index in [9.17, 15) is 8.42 Å². The molecule has 0 saturated carbocycles. The number of hydrogen-bond donors (Lipinski definition) is 1. The molecule has 0 spiro atoms. The van der Waals surface area contributed by atoms with Gasteiger partial charge in [-0.2, -0.15) is 0 Å². The van der Waals surface area contributed by atoms with Crippen LogP contribution in [0.3, 0.4) is 0 Å². The highest BCUT2D eigenvalue weighted by molar-refractivity contribution is 7.91. The molecule has 1 aromatic heterocycles. The van der Waals surface area contributed by atoms with Gasteiger partial charge < -0.3 is 10.1 Å². The molecule has 0 aromatic carbocycles. The van der Waals surface area contributed by atoms with Crippen LogP contribution in [0.4, 0.5) is 0 Å². The van der Waals surface area contributed by atoms with Gasteiger partial charge in [0.1, 0.15) is 0 Å². The molecule has 0 aliphatic heterocycles. The topological polar surface area (TPSA) is 68.3 Å². The lowest BCUT2D eigenvalue weighted by molar-refractivity contribution is 0.229. The molecule has 0 amide bonds. The number of sulfone groups is 1. The summed E-state index contributed by atoms with van der Waals surface area (Å²) in [4.78, 5) is 4.20. The number of nitrogens with zero attached hydrogens (tertiary/aromatic N) is 1. The van der Waals surface area contributed by atoms with Crippen molar-refractivity contribution in [3.05, 3.63) is 23.9 Å². The second-order valence-corrected chi connectivity index (χ2v) is 7.27. The molecule has 0 aliphatic rings. The van der Waals surface area contributed by atoms with Crippen LogP contribution in [0.15, 0.2) is 18.3 Å². The highest BCUT2D eigenvalue weighted by Crippen LogP contribution is 2.15. The maximum atomic E-state index is 11.6. The summed E-state index contributed by atoms with van der Waals surface area (Å²) < 4.78 is 28.8. The van der Waals surface area contributed by atoms with Gasteiger partial charge in [0.25, 0.3) is 0 Å². The molecule has 1 aromatic rings. The summed E-state index contributed by atoms with van der Waals surface area (Å²) in [5.74, 6) is 1.02. The molecule has 1 heterocycles. The van der Waals surface area contributed by atoms with E-state index in [1.807, 2.05) is 32.9 Å². The molecule has 0 atom stereocenters. The van der Waals surface area contributed by atoms with Gasteiger partial charge in [0.05, 0.1) is 11.9 Å². The van der Waals surface area contributed by atoms with Crippen LogP contribution in [0.5, 0.6) is 5.88 Å². The van der Waals surface area contributed by atoms with Crippen molar-refractivity contribution >= 4 is 9.84 Å². The standard InChI is InChI=1S/C14H24N2O3S/c1-4-9-20(17,18)10-8-15-11-13-6-5-7-16-14(13)19-12(2)3/h5-7,12,15H,4,8-11H2,1-3H3. The van der Waals surface area contributed by atoms with Crippen LogP contribution >= 0.6 is 0 Å². The first kappa shape index (κ1) is 16.9. The Morgan fingerprint density at radius 1 is 1.35 bits per heavy atom. The lowest BCUT2D eigenvalue weighted by Gasteiger charge is -2.13. The monoisotopic (exact) mass is 300 g/mol. The summed E-state index contributed by atoms with van der Waals surface area (Å²) in [5.41, 5.74) is 0.939. The van der Waals surface area contributed by atoms with Gasteiger partial charge in [-0.15, -0.1) is 0 Å². The first-order chi connectivity index (χ1) is 9.44. The summed E-state index contributed by atoms with van der Waals surface area (Å²) >= 11 is 0. The van der Waals surface area contributed by atoms with E-state index in [2.05, 4.69) is 10.3 Å². The van der Waals surface area contributed by atoms with Crippen molar-refractivity contribution in [2.75, 3.05) is 18.1 Å². The van der Waals surface area contributed by atoms with Crippen molar-refractivity contribution in [2.45, 2.75) is 39.8 Å². The number of rotatable bonds is 9. The van der Waals surface area contributed by atoms with Crippen molar-refractivity contribution in [3.63, 3.8) is 0 Å². The highest BCUT2D eigenvalue weighted by atomic mass is 32.2. The lowest BCUT2D eigenvalue weighted by Crippen LogP contribution is -2.24. The Hall–Kier alpha value is -1.14. The van der Waals surface area contributed by atoms with Crippen molar-refractivity contribution in [3.8, 4) is 5.88 Å². The van der Waals surface area contributed by atoms with Gasteiger partial charge in [0, 0.05) is 30.6 Å². The summed E-state index contributed by atoms with van der Waals surface area (Å²) in [6, 6.07) is 3.77. The second kappa shape index (κ2) is 8.21. The van der Waals surface area contributed by atoms with Gasteiger partial charge in [0.15, 0.2) is 9.84 Å². The van der Waals surface area contributed by atoms with Gasteiger partial charge in [-0.05, 0) is 26.3 Å². The van der Waals surface area contributed by atoms with Crippen molar-refractivity contribution in [1.82, 2.24) is 10.3 Å². The zero-order valence-electron chi connectivity index (χ0n) is 12.4. The van der Waals surface area contributed by atoms with Gasteiger partial charge >= 0.3 is 0 Å². The molecule has 1 N–H and O–H groups in total. The Morgan fingerprint density at radius 2 is 2.10 bits per heavy atom. The van der Waals surface area contributed by atoms with Crippen LogP contribution in [0.25, 0.3) is 0 Å². The van der Waals surface area contributed by atoms with Crippen molar-refractivity contribution in [2.24, 2.45) is 0 Å². The molecule has 114 valence electrons. The fraction of sp³-hybridized carbons (Fsp3) is 0.643. The zero-order chi connectivity index (χ0) is 15.0. The fourth-order valence-corrected chi connectivity index (χ4v) is 3.03. The van der Waals surface area contributed by atoms with E-state index in [1.165, 1.54) is 0 Å². The highest BCUT2D eigenvalue weighted by Gasteiger charge is 2.10. The molecule has 0 fully saturated rings. The maximum absolute atomic E-state index is 11.6. The normalized spacial score (nSPS) is 11.8. The minimum absolute atomic E-state index is 0.0635. The van der Waals surface area contributed by atoms with Gasteiger partial charge in [-0.25, -0.2) is 13.4 Å². The Bertz CT molecular complexity index is 501. The molecule has 1 rings (SSSR count). The van der Waals surface area contributed by atoms with Crippen LogP contribution < -0.4 is 10.1 Å². The number of ether oxygens (including phenoxy) is 1. The van der Waals surface area contributed by atoms with Crippen LogP contribution in [0, 0.1) is 0 Å². The van der Waals surface area contributed by atoms with E-state index in [0.29, 0.717) is 25.4 Å². The molecular weight excluding hydrogens is 276 g/mol. The van der Waals surface area contributed by atoms with E-state index in [0.717, 1.165) is 5.56 Å². The van der Waals surface area contributed by atoms with Crippen LogP contribution in [0.1, 0.15) is 32.8 Å². The van der Waals surface area contributed by atoms with Gasteiger partial charge in [-0.1, -0.05) is 13.0 Å². The van der Waals surface area contributed by atoms with Gasteiger partial charge in [-0.3, -0.25) is 0 Å². The predicted molar refractivity (Wildman–Crippen MR) is 80.7 cm³/mol. The average molecular weight is 300 g/mol. The quantitative estimate of drug-likeness (QED) is 0.704. The average Bonchev–Trinajstić information content (AvgIpc) is 2.35. The number of hydrogen-bond acceptors (Lipinski definition) is 5. The minimum atomic E-state index is -2.92. The minimum Gasteiger partial charge on any atom is -0.475 e. The van der Waals surface area contributed by atoms with E-state index < -0.39 is 9.84 Å². The van der Waals surface area contributed by atoms with E-state index in [-0.39, 0.29) is 17.6 Å². The number of aromatic nitrogens is 1. The summed E-state index contributed by atoms with van der Waals surface area (Å²) in [7, 11) is -2.92. The van der Waals surface area contributed by atoms with Crippen molar-refractivity contribution < 1.29 is 13.2 Å².